The number of carbonyl (C=O) groups is 1. The van der Waals surface area contributed by atoms with Crippen LogP contribution in [0.1, 0.15) is 22.8 Å². The molecular weight excluding hydrogens is 532 g/mol. The van der Waals surface area contributed by atoms with Crippen LogP contribution in [0.25, 0.3) is 11.0 Å². The van der Waals surface area contributed by atoms with Crippen molar-refractivity contribution in [1.82, 2.24) is 23.7 Å². The molecule has 1 aliphatic heterocycles. The molecule has 210 valence electrons. The number of ether oxygens (including phenoxy) is 2. The lowest BCUT2D eigenvalue weighted by Crippen LogP contribution is -2.47. The molecule has 5 rings (SSSR count). The number of methoxy groups -OCH3 is 1. The van der Waals surface area contributed by atoms with E-state index in [-0.39, 0.29) is 29.1 Å². The van der Waals surface area contributed by atoms with Gasteiger partial charge >= 0.3 is 0 Å². The van der Waals surface area contributed by atoms with Gasteiger partial charge in [0.15, 0.2) is 5.65 Å². The maximum absolute atomic E-state index is 13.3. The molecule has 0 atom stereocenters. The predicted molar refractivity (Wildman–Crippen MR) is 153 cm³/mol. The topological polar surface area (TPSA) is 119 Å². The number of likely N-dealkylation sites (N-methyl/N-ethyl adjacent to an activating group) is 1. The smallest absolute Gasteiger partial charge is 0.254 e. The average molecular weight is 565 g/mol. The highest BCUT2D eigenvalue weighted by Gasteiger charge is 2.23. The Morgan fingerprint density at radius 3 is 2.48 bits per heavy atom. The van der Waals surface area contributed by atoms with Crippen molar-refractivity contribution >= 4 is 38.6 Å². The highest BCUT2D eigenvalue weighted by molar-refractivity contribution is 7.89. The van der Waals surface area contributed by atoms with Crippen LogP contribution in [0.2, 0.25) is 0 Å². The van der Waals surface area contributed by atoms with E-state index in [9.17, 15) is 13.2 Å². The maximum atomic E-state index is 13.3. The molecule has 1 fully saturated rings. The van der Waals surface area contributed by atoms with Gasteiger partial charge in [0.25, 0.3) is 5.91 Å². The lowest BCUT2D eigenvalue weighted by Gasteiger charge is -2.32. The minimum atomic E-state index is -3.79. The second-order valence-corrected chi connectivity index (χ2v) is 11.4. The molecule has 0 bridgehead atoms. The number of fused-ring (bicyclic) bond motifs is 1. The van der Waals surface area contributed by atoms with E-state index in [1.54, 1.807) is 48.5 Å². The fraction of sp³-hybridized carbons (Fsp3) is 0.321. The molecule has 1 amide bonds. The summed E-state index contributed by atoms with van der Waals surface area (Å²) >= 11 is 0. The Labute approximate surface area is 233 Å². The Bertz CT molecular complexity index is 1620. The number of carbonyl (C=O) groups excluding carboxylic acids is 1. The van der Waals surface area contributed by atoms with Crippen molar-refractivity contribution in [3.63, 3.8) is 0 Å². The quantitative estimate of drug-likeness (QED) is 0.326. The van der Waals surface area contributed by atoms with Crippen LogP contribution in [0, 0.1) is 0 Å². The molecule has 1 aliphatic rings. The van der Waals surface area contributed by atoms with Crippen LogP contribution in [-0.2, 0) is 15.8 Å². The van der Waals surface area contributed by atoms with Gasteiger partial charge in [-0.25, -0.2) is 12.4 Å². The number of aromatic nitrogens is 3. The zero-order chi connectivity index (χ0) is 28.3. The van der Waals surface area contributed by atoms with E-state index in [1.807, 2.05) is 24.9 Å². The molecule has 2 aromatic heterocycles. The largest absolute Gasteiger partial charge is 0.495 e. The van der Waals surface area contributed by atoms with E-state index in [0.717, 1.165) is 17.1 Å². The van der Waals surface area contributed by atoms with E-state index >= 15 is 0 Å². The van der Waals surface area contributed by atoms with Gasteiger partial charge in [-0.15, -0.1) is 0 Å². The fourth-order valence-corrected chi connectivity index (χ4v) is 5.99. The number of hydrogen-bond acceptors (Lipinski definition) is 9. The Kier molecular flexibility index (Phi) is 7.90. The molecule has 11 nitrogen and oxygen atoms in total. The van der Waals surface area contributed by atoms with Gasteiger partial charge in [-0.1, -0.05) is 30.3 Å². The number of piperazine rings is 1. The van der Waals surface area contributed by atoms with Crippen molar-refractivity contribution in [3.8, 4) is 11.6 Å². The summed E-state index contributed by atoms with van der Waals surface area (Å²) < 4.78 is 39.2. The molecule has 40 heavy (non-hydrogen) atoms. The lowest BCUT2D eigenvalue weighted by atomic mass is 10.1. The zero-order valence-corrected chi connectivity index (χ0v) is 23.5. The maximum Gasteiger partial charge on any atom is 0.254 e. The van der Waals surface area contributed by atoms with Crippen LogP contribution in [0.4, 0.5) is 11.6 Å². The van der Waals surface area contributed by atoms with Gasteiger partial charge in [0.1, 0.15) is 5.75 Å². The number of amides is 1. The van der Waals surface area contributed by atoms with Crippen molar-refractivity contribution in [2.75, 3.05) is 52.3 Å². The van der Waals surface area contributed by atoms with Crippen LogP contribution in [-0.4, -0.2) is 85.0 Å². The summed E-state index contributed by atoms with van der Waals surface area (Å²) in [5.41, 5.74) is 1.89. The minimum Gasteiger partial charge on any atom is -0.495 e. The summed E-state index contributed by atoms with van der Waals surface area (Å²) in [6, 6.07) is 15.7. The Morgan fingerprint density at radius 1 is 1.02 bits per heavy atom. The lowest BCUT2D eigenvalue weighted by molar-refractivity contribution is 0.0664. The second-order valence-electron chi connectivity index (χ2n) is 9.51. The number of nitrogens with zero attached hydrogens (tertiary/aromatic N) is 5. The van der Waals surface area contributed by atoms with E-state index in [4.69, 9.17) is 9.47 Å². The predicted octanol–water partition coefficient (Wildman–Crippen LogP) is 3.35. The average Bonchev–Trinajstić information content (AvgIpc) is 3.39. The molecule has 0 radical (unpaired) electrons. The molecule has 2 aromatic carbocycles. The second kappa shape index (κ2) is 11.5. The number of nitrogens with one attached hydrogen (secondary N) is 1. The first kappa shape index (κ1) is 27.4. The normalized spacial score (nSPS) is 14.3. The van der Waals surface area contributed by atoms with Crippen molar-refractivity contribution in [3.05, 3.63) is 71.9 Å². The molecule has 4 aromatic rings. The third-order valence-electron chi connectivity index (χ3n) is 6.73. The van der Waals surface area contributed by atoms with Crippen molar-refractivity contribution < 1.29 is 22.7 Å². The zero-order valence-electron chi connectivity index (χ0n) is 22.7. The van der Waals surface area contributed by atoms with Gasteiger partial charge in [0, 0.05) is 37.9 Å². The van der Waals surface area contributed by atoms with Crippen LogP contribution < -0.4 is 14.8 Å². The van der Waals surface area contributed by atoms with Gasteiger partial charge in [-0.2, -0.15) is 9.97 Å². The van der Waals surface area contributed by atoms with Gasteiger partial charge in [0.05, 0.1) is 30.5 Å². The van der Waals surface area contributed by atoms with Gasteiger partial charge in [0.2, 0.25) is 21.9 Å². The van der Waals surface area contributed by atoms with Crippen LogP contribution in [0.3, 0.4) is 0 Å². The monoisotopic (exact) mass is 564 g/mol. The highest BCUT2D eigenvalue weighted by Crippen LogP contribution is 2.32. The summed E-state index contributed by atoms with van der Waals surface area (Å²) in [5, 5.41) is 3.59. The van der Waals surface area contributed by atoms with Crippen LogP contribution >= 0.6 is 0 Å². The van der Waals surface area contributed by atoms with Crippen molar-refractivity contribution in [2.45, 2.75) is 12.7 Å². The third kappa shape index (κ3) is 5.73. The molecule has 0 aliphatic carbocycles. The summed E-state index contributed by atoms with van der Waals surface area (Å²) in [6.07, 6.45) is 1.46. The number of rotatable bonds is 9. The Balaban J connectivity index is 1.47. The minimum absolute atomic E-state index is 0.0595. The first-order valence-corrected chi connectivity index (χ1v) is 14.6. The Hall–Kier alpha value is -4.16. The summed E-state index contributed by atoms with van der Waals surface area (Å²) in [7, 11) is -0.232. The first-order valence-electron chi connectivity index (χ1n) is 13.0. The molecule has 1 N–H and O–H groups in total. The van der Waals surface area contributed by atoms with Gasteiger partial charge in [-0.05, 0) is 43.8 Å². The Morgan fingerprint density at radius 2 is 1.77 bits per heavy atom. The fourth-order valence-electron chi connectivity index (χ4n) is 4.59. The van der Waals surface area contributed by atoms with Crippen LogP contribution in [0.5, 0.6) is 11.6 Å². The highest BCUT2D eigenvalue weighted by atomic mass is 32.2. The van der Waals surface area contributed by atoms with E-state index < -0.39 is 10.0 Å². The standard InChI is InChI=1S/C28H32N6O5S/c1-4-39-26-22-12-13-34(40(36,37)19-20-8-6-5-7-9-20)25(22)30-28(31-26)29-23-11-10-21(18-24(23)38-3)27(35)33-16-14-32(2)15-17-33/h5-13,18H,4,14-17,19H2,1-3H3,(H,29,30,31). The summed E-state index contributed by atoms with van der Waals surface area (Å²) in [6.45, 7) is 5.14. The third-order valence-corrected chi connectivity index (χ3v) is 8.33. The first-order chi connectivity index (χ1) is 19.3. The molecule has 3 heterocycles. The van der Waals surface area contributed by atoms with Gasteiger partial charge < -0.3 is 24.6 Å². The molecule has 0 spiro atoms. The SMILES string of the molecule is CCOc1nc(Nc2ccc(C(=O)N3CCN(C)CC3)cc2OC)nc2c1ccn2S(=O)(=O)Cc1ccccc1. The molecule has 12 heteroatoms. The molecule has 1 saturated heterocycles. The number of benzene rings is 2. The number of hydrogen-bond donors (Lipinski definition) is 1. The molecule has 0 saturated carbocycles. The number of anilines is 2. The molecular formula is C28H32N6O5S. The van der Waals surface area contributed by atoms with E-state index in [1.165, 1.54) is 13.3 Å². The summed E-state index contributed by atoms with van der Waals surface area (Å²) in [4.78, 5) is 26.1. The van der Waals surface area contributed by atoms with Crippen molar-refractivity contribution in [1.29, 1.82) is 0 Å². The summed E-state index contributed by atoms with van der Waals surface area (Å²) in [5.74, 6) is 0.557. The van der Waals surface area contributed by atoms with Gasteiger partial charge in [-0.3, -0.25) is 4.79 Å². The van der Waals surface area contributed by atoms with Crippen molar-refractivity contribution in [2.24, 2.45) is 0 Å². The van der Waals surface area contributed by atoms with E-state index in [0.29, 0.717) is 47.6 Å². The van der Waals surface area contributed by atoms with E-state index in [2.05, 4.69) is 20.2 Å². The molecule has 0 unspecified atom stereocenters. The van der Waals surface area contributed by atoms with Crippen LogP contribution in [0.15, 0.2) is 60.8 Å².